The molecular weight excluding hydrogens is 262 g/mol. The van der Waals surface area contributed by atoms with Crippen LogP contribution in [0.5, 0.6) is 0 Å². The number of aromatic nitrogens is 2. The van der Waals surface area contributed by atoms with Crippen LogP contribution < -0.4 is 0 Å². The van der Waals surface area contributed by atoms with Gasteiger partial charge in [0.1, 0.15) is 0 Å². The lowest BCUT2D eigenvalue weighted by atomic mass is 9.86. The molecule has 1 aliphatic heterocycles. The molecule has 1 saturated heterocycles. The van der Waals surface area contributed by atoms with Crippen LogP contribution in [0.25, 0.3) is 0 Å². The molecule has 2 heterocycles. The van der Waals surface area contributed by atoms with E-state index in [1.807, 2.05) is 16.9 Å². The normalized spacial score (nSPS) is 19.7. The number of piperidine rings is 1. The van der Waals surface area contributed by atoms with Crippen LogP contribution in [0.2, 0.25) is 0 Å². The van der Waals surface area contributed by atoms with Gasteiger partial charge in [-0.2, -0.15) is 5.10 Å². The molecule has 0 amide bonds. The third-order valence-corrected chi connectivity index (χ3v) is 4.88. The number of ketones is 1. The molecule has 21 heavy (non-hydrogen) atoms. The maximum absolute atomic E-state index is 12.9. The molecule has 1 aromatic heterocycles. The Labute approximate surface area is 128 Å². The first-order valence-corrected chi connectivity index (χ1v) is 8.29. The van der Waals surface area contributed by atoms with E-state index in [-0.39, 0.29) is 5.54 Å². The highest BCUT2D eigenvalue weighted by Crippen LogP contribution is 2.26. The lowest BCUT2D eigenvalue weighted by Crippen LogP contribution is -2.54. The molecule has 1 atom stereocenters. The summed E-state index contributed by atoms with van der Waals surface area (Å²) in [4.78, 5) is 15.2. The summed E-state index contributed by atoms with van der Waals surface area (Å²) in [5.74, 6) is 0.306. The van der Waals surface area contributed by atoms with E-state index in [1.54, 1.807) is 0 Å². The Morgan fingerprint density at radius 2 is 2.00 bits per heavy atom. The van der Waals surface area contributed by atoms with Gasteiger partial charge in [-0.25, -0.2) is 0 Å². The van der Waals surface area contributed by atoms with Gasteiger partial charge in [-0.1, -0.05) is 13.3 Å². The topological polar surface area (TPSA) is 38.1 Å². The average Bonchev–Trinajstić information content (AvgIpc) is 2.96. The number of nitrogens with zero attached hydrogens (tertiary/aromatic N) is 3. The number of likely N-dealkylation sites (tertiary alicyclic amines) is 1. The van der Waals surface area contributed by atoms with Crippen LogP contribution in [-0.2, 0) is 11.2 Å². The van der Waals surface area contributed by atoms with E-state index in [2.05, 4.69) is 37.7 Å². The summed E-state index contributed by atoms with van der Waals surface area (Å²) in [5.41, 5.74) is 0.563. The maximum Gasteiger partial charge on any atom is 0.158 e. The monoisotopic (exact) mass is 291 g/mol. The summed E-state index contributed by atoms with van der Waals surface area (Å²) in [5, 5.41) is 4.52. The second-order valence-corrected chi connectivity index (χ2v) is 6.66. The molecule has 0 N–H and O–H groups in total. The standard InChI is InChI=1S/C17H29N3O/c1-5-17(4,19-10-7-6-8-11-19)16(21)13-15-9-12-20(18-15)14(2)3/h9,12,14H,5-8,10-11,13H2,1-4H3. The van der Waals surface area contributed by atoms with E-state index < -0.39 is 0 Å². The van der Waals surface area contributed by atoms with Gasteiger partial charge >= 0.3 is 0 Å². The van der Waals surface area contributed by atoms with Crippen molar-refractivity contribution in [2.24, 2.45) is 0 Å². The highest BCUT2D eigenvalue weighted by atomic mass is 16.1. The van der Waals surface area contributed by atoms with Crippen LogP contribution in [0.4, 0.5) is 0 Å². The van der Waals surface area contributed by atoms with Crippen LogP contribution in [0, 0.1) is 0 Å². The Kier molecular flexibility index (Phi) is 5.20. The molecule has 1 aliphatic rings. The number of carbonyl (C=O) groups excluding carboxylic acids is 1. The smallest absolute Gasteiger partial charge is 0.158 e. The first-order valence-electron chi connectivity index (χ1n) is 8.29. The van der Waals surface area contributed by atoms with Crippen molar-refractivity contribution in [1.82, 2.24) is 14.7 Å². The average molecular weight is 291 g/mol. The fourth-order valence-corrected chi connectivity index (χ4v) is 3.10. The molecule has 0 aromatic carbocycles. The predicted molar refractivity (Wildman–Crippen MR) is 85.4 cm³/mol. The van der Waals surface area contributed by atoms with Gasteiger partial charge in [-0.05, 0) is 59.2 Å². The molecular formula is C17H29N3O. The predicted octanol–water partition coefficient (Wildman–Crippen LogP) is 3.23. The molecule has 0 spiro atoms. The summed E-state index contributed by atoms with van der Waals surface area (Å²) in [6, 6.07) is 2.32. The highest BCUT2D eigenvalue weighted by Gasteiger charge is 2.37. The minimum absolute atomic E-state index is 0.306. The van der Waals surface area contributed by atoms with Gasteiger partial charge in [0.05, 0.1) is 17.7 Å². The van der Waals surface area contributed by atoms with Gasteiger partial charge in [0.15, 0.2) is 5.78 Å². The molecule has 0 aliphatic carbocycles. The number of rotatable bonds is 6. The van der Waals surface area contributed by atoms with Crippen molar-refractivity contribution in [3.8, 4) is 0 Å². The quantitative estimate of drug-likeness (QED) is 0.807. The molecule has 0 bridgehead atoms. The van der Waals surface area contributed by atoms with Crippen molar-refractivity contribution in [3.05, 3.63) is 18.0 Å². The summed E-state index contributed by atoms with van der Waals surface area (Å²) >= 11 is 0. The first-order chi connectivity index (χ1) is 9.97. The first kappa shape index (κ1) is 16.2. The van der Waals surface area contributed by atoms with Crippen LogP contribution in [0.3, 0.4) is 0 Å². The van der Waals surface area contributed by atoms with Crippen molar-refractivity contribution in [2.45, 2.75) is 71.4 Å². The molecule has 2 rings (SSSR count). The zero-order valence-corrected chi connectivity index (χ0v) is 13.9. The minimum atomic E-state index is -0.331. The Hall–Kier alpha value is -1.16. The fraction of sp³-hybridized carbons (Fsp3) is 0.765. The largest absolute Gasteiger partial charge is 0.297 e. The summed E-state index contributed by atoms with van der Waals surface area (Å²) in [6.45, 7) is 10.5. The Balaban J connectivity index is 2.08. The van der Waals surface area contributed by atoms with E-state index in [0.29, 0.717) is 18.2 Å². The number of hydrogen-bond donors (Lipinski definition) is 0. The van der Waals surface area contributed by atoms with E-state index in [4.69, 9.17) is 0 Å². The third kappa shape index (κ3) is 3.54. The number of hydrogen-bond acceptors (Lipinski definition) is 3. The van der Waals surface area contributed by atoms with Gasteiger partial charge in [-0.3, -0.25) is 14.4 Å². The molecule has 118 valence electrons. The van der Waals surface area contributed by atoms with Crippen molar-refractivity contribution < 1.29 is 4.79 Å². The molecule has 4 nitrogen and oxygen atoms in total. The van der Waals surface area contributed by atoms with Gasteiger partial charge < -0.3 is 0 Å². The van der Waals surface area contributed by atoms with E-state index in [9.17, 15) is 4.79 Å². The van der Waals surface area contributed by atoms with Gasteiger partial charge in [-0.15, -0.1) is 0 Å². The van der Waals surface area contributed by atoms with Crippen molar-refractivity contribution >= 4 is 5.78 Å². The Morgan fingerprint density at radius 1 is 1.33 bits per heavy atom. The van der Waals surface area contributed by atoms with E-state index in [0.717, 1.165) is 25.2 Å². The third-order valence-electron chi connectivity index (χ3n) is 4.88. The highest BCUT2D eigenvalue weighted by molar-refractivity contribution is 5.89. The molecule has 0 saturated carbocycles. The lowest BCUT2D eigenvalue weighted by molar-refractivity contribution is -0.130. The van der Waals surface area contributed by atoms with Crippen LogP contribution >= 0.6 is 0 Å². The van der Waals surface area contributed by atoms with Crippen molar-refractivity contribution in [2.75, 3.05) is 13.1 Å². The van der Waals surface area contributed by atoms with Gasteiger partial charge in [0.25, 0.3) is 0 Å². The molecule has 1 unspecified atom stereocenters. The molecule has 0 radical (unpaired) electrons. The minimum Gasteiger partial charge on any atom is -0.297 e. The van der Waals surface area contributed by atoms with Gasteiger partial charge in [0, 0.05) is 12.2 Å². The maximum atomic E-state index is 12.9. The lowest BCUT2D eigenvalue weighted by Gasteiger charge is -2.41. The zero-order valence-electron chi connectivity index (χ0n) is 13.9. The fourth-order valence-electron chi connectivity index (χ4n) is 3.10. The Bertz CT molecular complexity index is 474. The summed E-state index contributed by atoms with van der Waals surface area (Å²) < 4.78 is 1.92. The number of carbonyl (C=O) groups is 1. The number of Topliss-reactive ketones (excluding diaryl/α,β-unsaturated/α-hetero) is 1. The van der Waals surface area contributed by atoms with Crippen LogP contribution in [0.15, 0.2) is 12.3 Å². The van der Waals surface area contributed by atoms with Crippen molar-refractivity contribution in [1.29, 1.82) is 0 Å². The zero-order chi connectivity index (χ0) is 15.5. The SMILES string of the molecule is CCC(C)(C(=O)Cc1ccn(C(C)C)n1)N1CCCCC1. The van der Waals surface area contributed by atoms with E-state index >= 15 is 0 Å². The van der Waals surface area contributed by atoms with Crippen molar-refractivity contribution in [3.63, 3.8) is 0 Å². The summed E-state index contributed by atoms with van der Waals surface area (Å²) in [7, 11) is 0. The van der Waals surface area contributed by atoms with Crippen LogP contribution in [0.1, 0.15) is 65.1 Å². The summed E-state index contributed by atoms with van der Waals surface area (Å²) in [6.07, 6.45) is 7.01. The van der Waals surface area contributed by atoms with E-state index in [1.165, 1.54) is 19.3 Å². The Morgan fingerprint density at radius 3 is 2.52 bits per heavy atom. The molecule has 1 aromatic rings. The molecule has 1 fully saturated rings. The second-order valence-electron chi connectivity index (χ2n) is 6.66. The molecule has 4 heteroatoms. The van der Waals surface area contributed by atoms with Crippen LogP contribution in [-0.4, -0.2) is 39.1 Å². The second kappa shape index (κ2) is 6.73. The van der Waals surface area contributed by atoms with Gasteiger partial charge in [0.2, 0.25) is 0 Å².